The summed E-state index contributed by atoms with van der Waals surface area (Å²) in [5, 5.41) is 1.45. The van der Waals surface area contributed by atoms with Gasteiger partial charge in [-0.1, -0.05) is 0 Å². The maximum absolute atomic E-state index is 12.0. The van der Waals surface area contributed by atoms with Gasteiger partial charge in [-0.25, -0.2) is 8.42 Å². The number of anilines is 1. The standard InChI is InChI=1S/C16H23NO6S/c1-11(24(3,19)20)16(18)17-12-6-7-14(21-2)15(9-12)23-10-13-5-4-8-22-13/h6-7,9,11,13H,4-5,8,10H2,1-3H3,(H,17,18)/t11-,13-/m0/s1. The first-order chi connectivity index (χ1) is 11.3. The number of hydrogen-bond donors (Lipinski definition) is 1. The van der Waals surface area contributed by atoms with Crippen molar-refractivity contribution in [1.82, 2.24) is 0 Å². The van der Waals surface area contributed by atoms with Gasteiger partial charge < -0.3 is 19.5 Å². The van der Waals surface area contributed by atoms with Crippen LogP contribution in [0.15, 0.2) is 18.2 Å². The van der Waals surface area contributed by atoms with Gasteiger partial charge in [-0.05, 0) is 31.9 Å². The third-order valence-electron chi connectivity index (χ3n) is 3.89. The lowest BCUT2D eigenvalue weighted by molar-refractivity contribution is -0.115. The van der Waals surface area contributed by atoms with Crippen molar-refractivity contribution in [3.05, 3.63) is 18.2 Å². The molecule has 0 unspecified atom stereocenters. The van der Waals surface area contributed by atoms with E-state index in [1.807, 2.05) is 0 Å². The van der Waals surface area contributed by atoms with E-state index in [2.05, 4.69) is 5.32 Å². The maximum Gasteiger partial charge on any atom is 0.242 e. The van der Waals surface area contributed by atoms with Gasteiger partial charge >= 0.3 is 0 Å². The molecular formula is C16H23NO6S. The van der Waals surface area contributed by atoms with Crippen LogP contribution < -0.4 is 14.8 Å². The summed E-state index contributed by atoms with van der Waals surface area (Å²) in [6.45, 7) is 2.49. The van der Waals surface area contributed by atoms with Crippen molar-refractivity contribution in [3.63, 3.8) is 0 Å². The molecule has 1 saturated heterocycles. The van der Waals surface area contributed by atoms with E-state index in [0.29, 0.717) is 23.8 Å². The van der Waals surface area contributed by atoms with Crippen LogP contribution in [-0.2, 0) is 19.4 Å². The van der Waals surface area contributed by atoms with Crippen molar-refractivity contribution in [2.75, 3.05) is 31.9 Å². The number of amides is 1. The second-order valence-corrected chi connectivity index (χ2v) is 8.14. The van der Waals surface area contributed by atoms with Gasteiger partial charge in [0.15, 0.2) is 21.3 Å². The molecule has 1 amide bonds. The molecule has 24 heavy (non-hydrogen) atoms. The topological polar surface area (TPSA) is 90.9 Å². The molecule has 0 bridgehead atoms. The van der Waals surface area contributed by atoms with Gasteiger partial charge in [0.1, 0.15) is 11.9 Å². The molecule has 2 atom stereocenters. The fourth-order valence-corrected chi connectivity index (χ4v) is 2.71. The highest BCUT2D eigenvalue weighted by atomic mass is 32.2. The SMILES string of the molecule is COc1ccc(NC(=O)[C@H](C)S(C)(=O)=O)cc1OC[C@@H]1CCCO1. The molecule has 0 spiro atoms. The summed E-state index contributed by atoms with van der Waals surface area (Å²) >= 11 is 0. The lowest BCUT2D eigenvalue weighted by atomic mass is 10.2. The zero-order valence-electron chi connectivity index (χ0n) is 14.1. The first kappa shape index (κ1) is 18.5. The van der Waals surface area contributed by atoms with Gasteiger partial charge in [0, 0.05) is 24.6 Å². The van der Waals surface area contributed by atoms with E-state index in [9.17, 15) is 13.2 Å². The minimum atomic E-state index is -3.45. The van der Waals surface area contributed by atoms with Gasteiger partial charge in [0.2, 0.25) is 5.91 Å². The number of carbonyl (C=O) groups excluding carboxylic acids is 1. The Morgan fingerprint density at radius 1 is 1.42 bits per heavy atom. The fraction of sp³-hybridized carbons (Fsp3) is 0.562. The van der Waals surface area contributed by atoms with E-state index in [0.717, 1.165) is 25.7 Å². The predicted octanol–water partition coefficient (Wildman–Crippen LogP) is 1.62. The van der Waals surface area contributed by atoms with E-state index < -0.39 is 21.0 Å². The molecule has 1 aliphatic rings. The van der Waals surface area contributed by atoms with Crippen LogP contribution in [0, 0.1) is 0 Å². The summed E-state index contributed by atoms with van der Waals surface area (Å²) < 4.78 is 39.4. The Balaban J connectivity index is 2.08. The van der Waals surface area contributed by atoms with E-state index in [1.165, 1.54) is 14.0 Å². The number of nitrogens with one attached hydrogen (secondary N) is 1. The van der Waals surface area contributed by atoms with Gasteiger partial charge in [0.25, 0.3) is 0 Å². The molecule has 134 valence electrons. The predicted molar refractivity (Wildman–Crippen MR) is 90.4 cm³/mol. The number of hydrogen-bond acceptors (Lipinski definition) is 6. The Bertz CT molecular complexity index is 682. The van der Waals surface area contributed by atoms with E-state index in [-0.39, 0.29) is 6.10 Å². The Morgan fingerprint density at radius 2 is 2.17 bits per heavy atom. The lowest BCUT2D eigenvalue weighted by Crippen LogP contribution is -2.31. The van der Waals surface area contributed by atoms with Crippen molar-refractivity contribution in [3.8, 4) is 11.5 Å². The molecule has 1 heterocycles. The Labute approximate surface area is 142 Å². The zero-order valence-corrected chi connectivity index (χ0v) is 14.9. The molecule has 0 aromatic heterocycles. The van der Waals surface area contributed by atoms with Gasteiger partial charge in [-0.15, -0.1) is 0 Å². The summed E-state index contributed by atoms with van der Waals surface area (Å²) in [5.74, 6) is 0.410. The molecule has 2 rings (SSSR count). The van der Waals surface area contributed by atoms with Crippen LogP contribution in [0.4, 0.5) is 5.69 Å². The minimum Gasteiger partial charge on any atom is -0.493 e. The Morgan fingerprint density at radius 3 is 2.75 bits per heavy atom. The van der Waals surface area contributed by atoms with Crippen molar-refractivity contribution in [2.45, 2.75) is 31.1 Å². The first-order valence-electron chi connectivity index (χ1n) is 7.73. The van der Waals surface area contributed by atoms with Gasteiger partial charge in [0.05, 0.1) is 13.2 Å². The fourth-order valence-electron chi connectivity index (χ4n) is 2.26. The van der Waals surface area contributed by atoms with Gasteiger partial charge in [-0.2, -0.15) is 0 Å². The average Bonchev–Trinajstić information content (AvgIpc) is 3.04. The monoisotopic (exact) mass is 357 g/mol. The first-order valence-corrected chi connectivity index (χ1v) is 9.69. The van der Waals surface area contributed by atoms with E-state index in [4.69, 9.17) is 14.2 Å². The molecular weight excluding hydrogens is 334 g/mol. The highest BCUT2D eigenvalue weighted by Crippen LogP contribution is 2.31. The molecule has 1 N–H and O–H groups in total. The molecule has 1 fully saturated rings. The van der Waals surface area contributed by atoms with E-state index in [1.54, 1.807) is 18.2 Å². The highest BCUT2D eigenvalue weighted by Gasteiger charge is 2.24. The quantitative estimate of drug-likeness (QED) is 0.797. The van der Waals surface area contributed by atoms with Crippen molar-refractivity contribution in [1.29, 1.82) is 0 Å². The molecule has 1 aromatic carbocycles. The number of sulfone groups is 1. The minimum absolute atomic E-state index is 0.0539. The molecule has 0 aliphatic carbocycles. The van der Waals surface area contributed by atoms with Gasteiger partial charge in [-0.3, -0.25) is 4.79 Å². The molecule has 0 radical (unpaired) electrons. The number of rotatable bonds is 7. The van der Waals surface area contributed by atoms with Crippen LogP contribution in [0.5, 0.6) is 11.5 Å². The zero-order chi connectivity index (χ0) is 17.7. The summed E-state index contributed by atoms with van der Waals surface area (Å²) in [4.78, 5) is 12.0. The highest BCUT2D eigenvalue weighted by molar-refractivity contribution is 7.92. The largest absolute Gasteiger partial charge is 0.493 e. The molecule has 1 aliphatic heterocycles. The summed E-state index contributed by atoms with van der Waals surface area (Å²) in [7, 11) is -1.92. The lowest BCUT2D eigenvalue weighted by Gasteiger charge is -2.16. The Kier molecular flexibility index (Phi) is 6.06. The smallest absolute Gasteiger partial charge is 0.242 e. The van der Waals surface area contributed by atoms with Crippen LogP contribution in [0.3, 0.4) is 0 Å². The van der Waals surface area contributed by atoms with Crippen LogP contribution in [0.2, 0.25) is 0 Å². The third-order valence-corrected chi connectivity index (χ3v) is 5.39. The second-order valence-electron chi connectivity index (χ2n) is 5.77. The van der Waals surface area contributed by atoms with Crippen LogP contribution in [0.1, 0.15) is 19.8 Å². The average molecular weight is 357 g/mol. The van der Waals surface area contributed by atoms with Crippen LogP contribution >= 0.6 is 0 Å². The second kappa shape index (κ2) is 7.85. The van der Waals surface area contributed by atoms with Crippen molar-refractivity contribution < 1.29 is 27.4 Å². The summed E-state index contributed by atoms with van der Waals surface area (Å²) in [5.41, 5.74) is 0.443. The van der Waals surface area contributed by atoms with E-state index >= 15 is 0 Å². The van der Waals surface area contributed by atoms with Crippen LogP contribution in [-0.4, -0.2) is 52.3 Å². The number of methoxy groups -OCH3 is 1. The number of ether oxygens (including phenoxy) is 3. The number of carbonyl (C=O) groups is 1. The van der Waals surface area contributed by atoms with Crippen molar-refractivity contribution >= 4 is 21.4 Å². The normalized spacial score (nSPS) is 18.9. The summed E-state index contributed by atoms with van der Waals surface area (Å²) in [6.07, 6.45) is 3.05. The number of benzene rings is 1. The maximum atomic E-state index is 12.0. The third kappa shape index (κ3) is 4.85. The molecule has 1 aromatic rings. The molecule has 8 heteroatoms. The molecule has 7 nitrogen and oxygen atoms in total. The van der Waals surface area contributed by atoms with Crippen LogP contribution in [0.25, 0.3) is 0 Å². The van der Waals surface area contributed by atoms with Crippen molar-refractivity contribution in [2.24, 2.45) is 0 Å². The molecule has 0 saturated carbocycles. The Hall–Kier alpha value is -1.80. The summed E-state index contributed by atoms with van der Waals surface area (Å²) in [6, 6.07) is 4.90.